The molecule has 0 rings (SSSR count). The molecule has 0 aromatic carbocycles. The van der Waals surface area contributed by atoms with Crippen LogP contribution in [0.15, 0.2) is 0 Å². The smallest absolute Gasteiger partial charge is 0.0223 e. The Balaban J connectivity index is 2.73. The van der Waals surface area contributed by atoms with E-state index in [-0.39, 0.29) is 0 Å². The largest absolute Gasteiger partial charge is 0.317 e. The van der Waals surface area contributed by atoms with Gasteiger partial charge < -0.3 is 5.32 Å². The molecule has 0 atom stereocenters. The van der Waals surface area contributed by atoms with Gasteiger partial charge in [-0.1, -0.05) is 6.42 Å². The average molecular weight is 210 g/mol. The van der Waals surface area contributed by atoms with Gasteiger partial charge in [-0.05, 0) is 44.4 Å². The summed E-state index contributed by atoms with van der Waals surface area (Å²) < 4.78 is 0. The Labute approximate surface area is 85.6 Å². The van der Waals surface area contributed by atoms with Gasteiger partial charge in [0, 0.05) is 5.88 Å². The number of thioether (sulfide) groups is 1. The summed E-state index contributed by atoms with van der Waals surface area (Å²) in [5, 5.41) is 3.42. The van der Waals surface area contributed by atoms with Crippen LogP contribution < -0.4 is 5.32 Å². The van der Waals surface area contributed by atoms with Crippen molar-refractivity contribution < 1.29 is 0 Å². The maximum atomic E-state index is 5.56. The lowest BCUT2D eigenvalue weighted by atomic mass is 10.2. The number of hydrogen-bond acceptors (Lipinski definition) is 2. The molecule has 0 aliphatic rings. The van der Waals surface area contributed by atoms with Crippen molar-refractivity contribution >= 4 is 23.4 Å². The van der Waals surface area contributed by atoms with Gasteiger partial charge in [-0.15, -0.1) is 11.6 Å². The zero-order valence-electron chi connectivity index (χ0n) is 7.94. The molecule has 1 N–H and O–H groups in total. The summed E-state index contributed by atoms with van der Waals surface area (Å²) in [4.78, 5) is 0. The van der Waals surface area contributed by atoms with Crippen LogP contribution in [0.5, 0.6) is 0 Å². The Morgan fingerprint density at radius 2 is 1.83 bits per heavy atom. The minimum absolute atomic E-state index is 0.812. The summed E-state index contributed by atoms with van der Waals surface area (Å²) in [6.45, 7) is 2.33. The third-order valence-corrected chi connectivity index (χ3v) is 2.65. The molecule has 0 unspecified atom stereocenters. The molecule has 0 saturated heterocycles. The summed E-state index contributed by atoms with van der Waals surface area (Å²) in [6, 6.07) is 0. The molecule has 0 fully saturated rings. The van der Waals surface area contributed by atoms with Gasteiger partial charge in [-0.3, -0.25) is 0 Å². The van der Waals surface area contributed by atoms with Crippen molar-refractivity contribution in [2.24, 2.45) is 0 Å². The molecular weight excluding hydrogens is 190 g/mol. The van der Waals surface area contributed by atoms with Crippen molar-refractivity contribution in [3.63, 3.8) is 0 Å². The van der Waals surface area contributed by atoms with Crippen LogP contribution in [0.1, 0.15) is 25.7 Å². The highest BCUT2D eigenvalue weighted by Crippen LogP contribution is 1.96. The predicted octanol–water partition coefficient (Wildman–Crippen LogP) is 2.74. The van der Waals surface area contributed by atoms with Gasteiger partial charge in [0.1, 0.15) is 0 Å². The summed E-state index contributed by atoms with van der Waals surface area (Å²) in [5.41, 5.74) is 0. The Kier molecular flexibility index (Phi) is 12.2. The SMILES string of the molecule is CSCCCNCCCCCCl. The minimum Gasteiger partial charge on any atom is -0.317 e. The second kappa shape index (κ2) is 11.6. The highest BCUT2D eigenvalue weighted by Gasteiger charge is 1.88. The predicted molar refractivity (Wildman–Crippen MR) is 60.4 cm³/mol. The van der Waals surface area contributed by atoms with Crippen molar-refractivity contribution in [3.05, 3.63) is 0 Å². The molecule has 0 amide bonds. The highest BCUT2D eigenvalue weighted by atomic mass is 35.5. The lowest BCUT2D eigenvalue weighted by molar-refractivity contribution is 0.614. The molecule has 0 aliphatic heterocycles. The molecule has 0 aromatic rings. The van der Waals surface area contributed by atoms with Gasteiger partial charge >= 0.3 is 0 Å². The van der Waals surface area contributed by atoms with E-state index in [1.165, 1.54) is 31.6 Å². The first-order valence-electron chi connectivity index (χ1n) is 4.67. The van der Waals surface area contributed by atoms with E-state index in [4.69, 9.17) is 11.6 Å². The van der Waals surface area contributed by atoms with E-state index in [2.05, 4.69) is 11.6 Å². The Bertz CT molecular complexity index is 70.9. The van der Waals surface area contributed by atoms with E-state index in [1.54, 1.807) is 0 Å². The molecule has 0 heterocycles. The molecule has 1 nitrogen and oxygen atoms in total. The fraction of sp³-hybridized carbons (Fsp3) is 1.00. The fourth-order valence-electron chi connectivity index (χ4n) is 0.988. The lowest BCUT2D eigenvalue weighted by Crippen LogP contribution is -2.17. The quantitative estimate of drug-likeness (QED) is 0.463. The maximum absolute atomic E-state index is 5.56. The second-order valence-electron chi connectivity index (χ2n) is 2.85. The van der Waals surface area contributed by atoms with Gasteiger partial charge in [-0.25, -0.2) is 0 Å². The third-order valence-electron chi connectivity index (χ3n) is 1.69. The first-order valence-corrected chi connectivity index (χ1v) is 6.60. The van der Waals surface area contributed by atoms with Crippen molar-refractivity contribution in [1.82, 2.24) is 5.32 Å². The van der Waals surface area contributed by atoms with E-state index >= 15 is 0 Å². The van der Waals surface area contributed by atoms with Gasteiger partial charge in [0.15, 0.2) is 0 Å². The molecule has 0 aromatic heterocycles. The zero-order valence-corrected chi connectivity index (χ0v) is 9.52. The van der Waals surface area contributed by atoms with Crippen LogP contribution in [0.4, 0.5) is 0 Å². The molecule has 74 valence electrons. The molecular formula is C9H20ClNS. The molecule has 0 radical (unpaired) electrons. The van der Waals surface area contributed by atoms with Gasteiger partial charge in [0.25, 0.3) is 0 Å². The van der Waals surface area contributed by atoms with Crippen LogP contribution in [-0.2, 0) is 0 Å². The van der Waals surface area contributed by atoms with Crippen molar-refractivity contribution in [1.29, 1.82) is 0 Å². The number of rotatable bonds is 9. The van der Waals surface area contributed by atoms with E-state index < -0.39 is 0 Å². The second-order valence-corrected chi connectivity index (χ2v) is 4.21. The summed E-state index contributed by atoms with van der Waals surface area (Å²) in [7, 11) is 0. The highest BCUT2D eigenvalue weighted by molar-refractivity contribution is 7.98. The zero-order chi connectivity index (χ0) is 9.07. The Hall–Kier alpha value is 0.600. The number of nitrogens with one attached hydrogen (secondary N) is 1. The molecule has 0 aliphatic carbocycles. The van der Waals surface area contributed by atoms with E-state index in [9.17, 15) is 0 Å². The van der Waals surface area contributed by atoms with Crippen LogP contribution >= 0.6 is 23.4 Å². The van der Waals surface area contributed by atoms with Crippen LogP contribution in [0.3, 0.4) is 0 Å². The normalized spacial score (nSPS) is 10.5. The van der Waals surface area contributed by atoms with Crippen LogP contribution in [0.25, 0.3) is 0 Å². The van der Waals surface area contributed by atoms with Crippen LogP contribution in [0.2, 0.25) is 0 Å². The summed E-state index contributed by atoms with van der Waals surface area (Å²) in [5.74, 6) is 2.08. The summed E-state index contributed by atoms with van der Waals surface area (Å²) in [6.07, 6.45) is 7.14. The van der Waals surface area contributed by atoms with E-state index in [0.29, 0.717) is 0 Å². The molecule has 0 spiro atoms. The topological polar surface area (TPSA) is 12.0 Å². The molecule has 0 bridgehead atoms. The summed E-state index contributed by atoms with van der Waals surface area (Å²) >= 11 is 7.48. The number of alkyl halides is 1. The van der Waals surface area contributed by atoms with Crippen molar-refractivity contribution in [2.75, 3.05) is 31.0 Å². The lowest BCUT2D eigenvalue weighted by Gasteiger charge is -2.02. The van der Waals surface area contributed by atoms with Gasteiger partial charge in [0.05, 0.1) is 0 Å². The number of halogens is 1. The molecule has 3 heteroatoms. The minimum atomic E-state index is 0.812. The molecule has 12 heavy (non-hydrogen) atoms. The van der Waals surface area contributed by atoms with Crippen molar-refractivity contribution in [3.8, 4) is 0 Å². The van der Waals surface area contributed by atoms with Crippen LogP contribution in [-0.4, -0.2) is 31.0 Å². The number of hydrogen-bond donors (Lipinski definition) is 1. The first-order chi connectivity index (χ1) is 5.91. The third kappa shape index (κ3) is 10.6. The van der Waals surface area contributed by atoms with E-state index in [1.807, 2.05) is 11.8 Å². The number of unbranched alkanes of at least 4 members (excludes halogenated alkanes) is 2. The average Bonchev–Trinajstić information content (AvgIpc) is 2.10. The van der Waals surface area contributed by atoms with E-state index in [0.717, 1.165) is 18.8 Å². The molecule has 0 saturated carbocycles. The monoisotopic (exact) mass is 209 g/mol. The Morgan fingerprint density at radius 1 is 1.08 bits per heavy atom. The first kappa shape index (κ1) is 12.6. The van der Waals surface area contributed by atoms with Crippen LogP contribution in [0, 0.1) is 0 Å². The van der Waals surface area contributed by atoms with Crippen molar-refractivity contribution in [2.45, 2.75) is 25.7 Å². The standard InChI is InChI=1S/C9H20ClNS/c1-12-9-5-8-11-7-4-2-3-6-10/h11H,2-9H2,1H3. The fourth-order valence-corrected chi connectivity index (χ4v) is 1.61. The maximum Gasteiger partial charge on any atom is 0.0223 e. The Morgan fingerprint density at radius 3 is 2.50 bits per heavy atom. The van der Waals surface area contributed by atoms with Gasteiger partial charge in [0.2, 0.25) is 0 Å². The van der Waals surface area contributed by atoms with Gasteiger partial charge in [-0.2, -0.15) is 11.8 Å².